The molecule has 1 heterocycles. The van der Waals surface area contributed by atoms with Crippen molar-refractivity contribution in [2.75, 3.05) is 46.3 Å². The van der Waals surface area contributed by atoms with E-state index < -0.39 is 0 Å². The van der Waals surface area contributed by atoms with Crippen LogP contribution in [0.5, 0.6) is 0 Å². The molecule has 0 spiro atoms. The van der Waals surface area contributed by atoms with Crippen molar-refractivity contribution in [2.45, 2.75) is 38.8 Å². The molecule has 1 saturated carbocycles. The van der Waals surface area contributed by atoms with Gasteiger partial charge in [-0.15, -0.1) is 0 Å². The lowest BCUT2D eigenvalue weighted by Gasteiger charge is -2.17. The van der Waals surface area contributed by atoms with Crippen LogP contribution in [-0.2, 0) is 21.6 Å². The fraction of sp³-hybridized carbons (Fsp3) is 0.444. The second-order valence-corrected chi connectivity index (χ2v) is 9.16. The summed E-state index contributed by atoms with van der Waals surface area (Å²) in [6.07, 6.45) is 2.06. The first kappa shape index (κ1) is 25.6. The zero-order chi connectivity index (χ0) is 24.9. The third kappa shape index (κ3) is 5.71. The molecule has 0 atom stereocenters. The molecule has 2 aromatic rings. The number of hydrogen-bond acceptors (Lipinski definition) is 5. The number of anilines is 1. The minimum atomic E-state index is -0.246. The van der Waals surface area contributed by atoms with Crippen LogP contribution in [0.3, 0.4) is 0 Å². The van der Waals surface area contributed by atoms with Crippen molar-refractivity contribution in [3.63, 3.8) is 0 Å². The number of carbonyl (C=O) groups excluding carboxylic acids is 1. The molecule has 0 saturated heterocycles. The SMILES string of the molecule is C=C(N)c1c(C(=O)Nc2ccc(COC)cc2)c(C#CCN(C)CCOC)n(C2(C)CC2)c1C. The lowest BCUT2D eigenvalue weighted by molar-refractivity contribution is 0.102. The molecule has 7 nitrogen and oxygen atoms in total. The molecule has 1 aliphatic rings. The number of likely N-dealkylation sites (N-methyl/N-ethyl adjacent to an activating group) is 1. The van der Waals surface area contributed by atoms with Crippen molar-refractivity contribution in [1.82, 2.24) is 9.47 Å². The standard InChI is InChI=1S/C27H36N4O3/c1-19(28)24-20(2)31(27(3)13-14-27)23(8-7-15-30(4)16-17-33-5)25(24)26(32)29-22-11-9-21(10-12-22)18-34-6/h9-12H,1,13-18,28H2,2-6H3,(H,29,32). The molecule has 0 radical (unpaired) electrons. The van der Waals surface area contributed by atoms with E-state index in [1.165, 1.54) is 0 Å². The Labute approximate surface area is 202 Å². The van der Waals surface area contributed by atoms with Crippen LogP contribution in [0.25, 0.3) is 5.70 Å². The molecular formula is C27H36N4O3. The van der Waals surface area contributed by atoms with Gasteiger partial charge in [-0.05, 0) is 57.4 Å². The number of aromatic nitrogens is 1. The summed E-state index contributed by atoms with van der Waals surface area (Å²) in [5, 5.41) is 3.02. The van der Waals surface area contributed by atoms with E-state index in [1.54, 1.807) is 14.2 Å². The van der Waals surface area contributed by atoms with Crippen LogP contribution in [0.2, 0.25) is 0 Å². The molecule has 0 unspecified atom stereocenters. The van der Waals surface area contributed by atoms with Crippen molar-refractivity contribution in [3.05, 3.63) is 58.9 Å². The maximum Gasteiger partial charge on any atom is 0.259 e. The van der Waals surface area contributed by atoms with Gasteiger partial charge in [0.2, 0.25) is 0 Å². The van der Waals surface area contributed by atoms with Gasteiger partial charge in [0.05, 0.1) is 25.3 Å². The predicted octanol–water partition coefficient (Wildman–Crippen LogP) is 3.56. The third-order valence-corrected chi connectivity index (χ3v) is 6.22. The summed E-state index contributed by atoms with van der Waals surface area (Å²) >= 11 is 0. The van der Waals surface area contributed by atoms with Gasteiger partial charge in [0, 0.05) is 48.9 Å². The van der Waals surface area contributed by atoms with Gasteiger partial charge >= 0.3 is 0 Å². The van der Waals surface area contributed by atoms with Crippen LogP contribution in [0.4, 0.5) is 5.69 Å². The van der Waals surface area contributed by atoms with E-state index in [4.69, 9.17) is 15.2 Å². The van der Waals surface area contributed by atoms with E-state index in [0.29, 0.717) is 48.0 Å². The third-order valence-electron chi connectivity index (χ3n) is 6.22. The van der Waals surface area contributed by atoms with Gasteiger partial charge in [0.15, 0.2) is 0 Å². The van der Waals surface area contributed by atoms with E-state index in [1.807, 2.05) is 38.2 Å². The van der Waals surface area contributed by atoms with Gasteiger partial charge in [0.1, 0.15) is 5.69 Å². The average molecular weight is 465 g/mol. The maximum absolute atomic E-state index is 13.6. The number of hydrogen-bond donors (Lipinski definition) is 2. The summed E-state index contributed by atoms with van der Waals surface area (Å²) in [7, 11) is 5.33. The van der Waals surface area contributed by atoms with Gasteiger partial charge in [-0.25, -0.2) is 0 Å². The Morgan fingerprint density at radius 1 is 1.24 bits per heavy atom. The zero-order valence-electron chi connectivity index (χ0n) is 21.0. The van der Waals surface area contributed by atoms with E-state index in [-0.39, 0.29) is 11.4 Å². The Morgan fingerprint density at radius 2 is 1.91 bits per heavy atom. The lowest BCUT2D eigenvalue weighted by atomic mass is 10.1. The molecule has 1 fully saturated rings. The molecule has 34 heavy (non-hydrogen) atoms. The molecule has 0 bridgehead atoms. The van der Waals surface area contributed by atoms with Crippen LogP contribution in [0.1, 0.15) is 52.6 Å². The maximum atomic E-state index is 13.6. The minimum absolute atomic E-state index is 0.0689. The molecule has 1 aromatic carbocycles. The van der Waals surface area contributed by atoms with Crippen LogP contribution >= 0.6 is 0 Å². The number of benzene rings is 1. The lowest BCUT2D eigenvalue weighted by Crippen LogP contribution is -2.23. The molecule has 182 valence electrons. The number of methoxy groups -OCH3 is 2. The molecule has 1 amide bonds. The summed E-state index contributed by atoms with van der Waals surface area (Å²) in [5.41, 5.74) is 11.0. The second kappa shape index (κ2) is 10.9. The average Bonchev–Trinajstić information content (AvgIpc) is 3.45. The fourth-order valence-corrected chi connectivity index (χ4v) is 4.13. The summed E-state index contributed by atoms with van der Waals surface area (Å²) in [4.78, 5) is 15.7. The number of nitrogens with zero attached hydrogens (tertiary/aromatic N) is 2. The number of nitrogens with two attached hydrogens (primary N) is 1. The van der Waals surface area contributed by atoms with E-state index in [9.17, 15) is 4.79 Å². The normalized spacial score (nSPS) is 13.9. The fourth-order valence-electron chi connectivity index (χ4n) is 4.13. The Kier molecular flexibility index (Phi) is 8.21. The summed E-state index contributed by atoms with van der Waals surface area (Å²) in [6, 6.07) is 7.59. The highest BCUT2D eigenvalue weighted by Gasteiger charge is 2.43. The van der Waals surface area contributed by atoms with Gasteiger partial charge in [-0.3, -0.25) is 9.69 Å². The van der Waals surface area contributed by atoms with Crippen LogP contribution < -0.4 is 11.1 Å². The Balaban J connectivity index is 2.00. The van der Waals surface area contributed by atoms with Crippen LogP contribution in [0, 0.1) is 18.8 Å². The first-order valence-electron chi connectivity index (χ1n) is 11.5. The highest BCUT2D eigenvalue weighted by Crippen LogP contribution is 2.47. The topological polar surface area (TPSA) is 81.8 Å². The van der Waals surface area contributed by atoms with Gasteiger partial charge in [0.25, 0.3) is 5.91 Å². The van der Waals surface area contributed by atoms with E-state index in [0.717, 1.165) is 30.6 Å². The smallest absolute Gasteiger partial charge is 0.259 e. The van der Waals surface area contributed by atoms with Crippen molar-refractivity contribution >= 4 is 17.3 Å². The number of rotatable bonds is 10. The zero-order valence-corrected chi connectivity index (χ0v) is 21.0. The molecule has 1 aliphatic carbocycles. The Morgan fingerprint density at radius 3 is 2.47 bits per heavy atom. The number of amides is 1. The number of ether oxygens (including phenoxy) is 2. The van der Waals surface area contributed by atoms with Gasteiger partial charge in [-0.1, -0.05) is 24.6 Å². The molecule has 3 rings (SSSR count). The quantitative estimate of drug-likeness (QED) is 0.526. The number of carbonyl (C=O) groups is 1. The predicted molar refractivity (Wildman–Crippen MR) is 137 cm³/mol. The summed E-state index contributed by atoms with van der Waals surface area (Å²) in [6.45, 7) is 10.6. The summed E-state index contributed by atoms with van der Waals surface area (Å²) in [5.74, 6) is 6.30. The van der Waals surface area contributed by atoms with Gasteiger partial charge < -0.3 is 25.1 Å². The van der Waals surface area contributed by atoms with E-state index in [2.05, 4.69) is 40.1 Å². The Hall–Kier alpha value is -3.05. The molecule has 1 aromatic heterocycles. The second-order valence-electron chi connectivity index (χ2n) is 9.16. The summed E-state index contributed by atoms with van der Waals surface area (Å²) < 4.78 is 12.5. The molecular weight excluding hydrogens is 428 g/mol. The highest BCUT2D eigenvalue weighted by molar-refractivity contribution is 6.09. The number of nitrogens with one attached hydrogen (secondary N) is 1. The van der Waals surface area contributed by atoms with E-state index >= 15 is 0 Å². The first-order chi connectivity index (χ1) is 16.2. The molecule has 0 aliphatic heterocycles. The Bertz CT molecular complexity index is 1100. The van der Waals surface area contributed by atoms with Crippen LogP contribution in [-0.4, -0.2) is 56.3 Å². The van der Waals surface area contributed by atoms with Crippen LogP contribution in [0.15, 0.2) is 30.8 Å². The monoisotopic (exact) mass is 464 g/mol. The van der Waals surface area contributed by atoms with Crippen molar-refractivity contribution < 1.29 is 14.3 Å². The molecule has 7 heteroatoms. The van der Waals surface area contributed by atoms with Crippen molar-refractivity contribution in [2.24, 2.45) is 5.73 Å². The van der Waals surface area contributed by atoms with Gasteiger partial charge in [-0.2, -0.15) is 0 Å². The minimum Gasteiger partial charge on any atom is -0.399 e. The van der Waals surface area contributed by atoms with Crippen molar-refractivity contribution in [3.8, 4) is 11.8 Å². The van der Waals surface area contributed by atoms with Crippen molar-refractivity contribution in [1.29, 1.82) is 0 Å². The largest absolute Gasteiger partial charge is 0.399 e. The first-order valence-corrected chi connectivity index (χ1v) is 11.5. The molecule has 3 N–H and O–H groups in total. The highest BCUT2D eigenvalue weighted by atomic mass is 16.5.